The predicted octanol–water partition coefficient (Wildman–Crippen LogP) is 5.56. The molecule has 2 saturated heterocycles. The number of rotatable bonds is 8. The number of benzene rings is 2. The molecular weight excluding hydrogens is 747 g/mol. The molecule has 0 bridgehead atoms. The Bertz CT molecular complexity index is 1960. The van der Waals surface area contributed by atoms with Crippen LogP contribution in [0.3, 0.4) is 0 Å². The van der Waals surface area contributed by atoms with E-state index in [0.29, 0.717) is 38.0 Å². The van der Waals surface area contributed by atoms with Crippen molar-refractivity contribution < 1.29 is 26.4 Å². The molecule has 4 aliphatic carbocycles. The number of piperidine rings is 2. The summed E-state index contributed by atoms with van der Waals surface area (Å²) in [5.41, 5.74) is 11.6. The molecule has 13 heteroatoms. The molecule has 0 radical (unpaired) electrons. The van der Waals surface area contributed by atoms with Crippen LogP contribution in [0.15, 0.2) is 12.1 Å². The van der Waals surface area contributed by atoms with Gasteiger partial charge in [0, 0.05) is 30.9 Å². The maximum atomic E-state index is 12.9. The lowest BCUT2D eigenvalue weighted by Crippen LogP contribution is -2.47. The first-order valence-corrected chi connectivity index (χ1v) is 24.4. The van der Waals surface area contributed by atoms with Gasteiger partial charge in [0.25, 0.3) is 6.26 Å². The molecular formula is C43H63N5O6S2. The Hall–Kier alpha value is -3.02. The summed E-state index contributed by atoms with van der Waals surface area (Å²) in [6.07, 6.45) is 18.3. The van der Waals surface area contributed by atoms with Gasteiger partial charge in [-0.05, 0) is 188 Å². The van der Waals surface area contributed by atoms with Gasteiger partial charge >= 0.3 is 0 Å². The summed E-state index contributed by atoms with van der Waals surface area (Å²) < 4.78 is 53.3. The fourth-order valence-corrected chi connectivity index (χ4v) is 12.3. The van der Waals surface area contributed by atoms with Crippen LogP contribution < -0.4 is 15.2 Å². The lowest BCUT2D eigenvalue weighted by molar-refractivity contribution is -0.113. The highest BCUT2D eigenvalue weighted by molar-refractivity contribution is 7.92. The standard InChI is InChI=1S/C22H32N2O3S.C13H13NO.C8H18N2O2S/c1-15(2)24-11-5-8-18(13-24)28(26,27)14-21(25)23-22-19-9-3-6-16(19)12-17-7-4-10-20(17)22;14-8-15-13-11-5-1-3-9(11)7-10-4-2-6-12(10)13;1-7(2)10-5-3-4-8(6-10)13(9,11)12/h12,15,18H,3-11,13-14H2,1-2H3,(H,23,25);7H,1-6H2;7-8H,3-6H2,1-2H3,(H2,9,11,12). The number of sulfonamides is 1. The van der Waals surface area contributed by atoms with E-state index in [1.807, 2.05) is 6.26 Å². The third kappa shape index (κ3) is 9.98. The molecule has 2 aromatic rings. The van der Waals surface area contributed by atoms with Gasteiger partial charge in [0.2, 0.25) is 15.9 Å². The molecule has 0 spiro atoms. The Kier molecular flexibility index (Phi) is 13.9. The number of nitrogens with zero attached hydrogens (tertiary/aromatic N) is 3. The Labute approximate surface area is 335 Å². The SMILES string of the molecule is CC(C)N1CCCC(S(=O)(=O)CC(=O)Nc2c3c(cc4c2CCC4)CCC3)C1.CC(C)N1CCCC(S(N)(=O)=O)C1.N#COc1c2c(cc3c1CCC3)CCC2. The lowest BCUT2D eigenvalue weighted by Gasteiger charge is -2.35. The van der Waals surface area contributed by atoms with Crippen LogP contribution >= 0.6 is 0 Å². The van der Waals surface area contributed by atoms with Crippen LogP contribution in [0.4, 0.5) is 5.69 Å². The number of sulfone groups is 1. The van der Waals surface area contributed by atoms with Crippen LogP contribution in [0, 0.1) is 11.5 Å². The van der Waals surface area contributed by atoms with Gasteiger partial charge in [0.1, 0.15) is 11.5 Å². The lowest BCUT2D eigenvalue weighted by atomic mass is 9.98. The summed E-state index contributed by atoms with van der Waals surface area (Å²) in [5, 5.41) is 16.1. The Balaban J connectivity index is 0.000000159. The van der Waals surface area contributed by atoms with Crippen LogP contribution in [-0.2, 0) is 76.0 Å². The molecule has 2 fully saturated rings. The second-order valence-corrected chi connectivity index (χ2v) is 21.4. The van der Waals surface area contributed by atoms with E-state index < -0.39 is 30.9 Å². The van der Waals surface area contributed by atoms with Crippen molar-refractivity contribution in [1.82, 2.24) is 9.80 Å². The number of hydrogen-bond acceptors (Lipinski definition) is 9. The molecule has 2 atom stereocenters. The molecule has 3 N–H and O–H groups in total. The monoisotopic (exact) mass is 809 g/mol. The third-order valence-corrected chi connectivity index (χ3v) is 16.3. The Morgan fingerprint density at radius 2 is 1.16 bits per heavy atom. The molecule has 0 saturated carbocycles. The van der Waals surface area contributed by atoms with Gasteiger partial charge in [-0.3, -0.25) is 14.6 Å². The average Bonchev–Trinajstić information content (AvgIpc) is 3.99. The number of carbonyl (C=O) groups excluding carboxylic acids is 1. The average molecular weight is 810 g/mol. The minimum atomic E-state index is -3.45. The highest BCUT2D eigenvalue weighted by atomic mass is 32.2. The third-order valence-electron chi connectivity index (χ3n) is 12.9. The van der Waals surface area contributed by atoms with E-state index in [1.54, 1.807) is 0 Å². The second-order valence-electron chi connectivity index (χ2n) is 17.3. The number of hydrogen-bond donors (Lipinski definition) is 2. The first kappa shape index (κ1) is 42.6. The highest BCUT2D eigenvalue weighted by Crippen LogP contribution is 2.41. The van der Waals surface area contributed by atoms with Gasteiger partial charge < -0.3 is 10.1 Å². The molecule has 6 aliphatic rings. The summed E-state index contributed by atoms with van der Waals surface area (Å²) >= 11 is 0. The number of primary sulfonamides is 1. The first-order chi connectivity index (χ1) is 26.7. The van der Waals surface area contributed by atoms with Gasteiger partial charge in [0.05, 0.1) is 10.5 Å². The summed E-state index contributed by atoms with van der Waals surface area (Å²) in [6.45, 7) is 11.4. The van der Waals surface area contributed by atoms with Gasteiger partial charge in [-0.2, -0.15) is 0 Å². The second kappa shape index (κ2) is 18.3. The van der Waals surface area contributed by atoms with E-state index in [0.717, 1.165) is 102 Å². The number of aryl methyl sites for hydroxylation is 4. The normalized spacial score (nSPS) is 21.9. The molecule has 1 amide bonds. The number of nitrogens with one attached hydrogen (secondary N) is 1. The zero-order valence-electron chi connectivity index (χ0n) is 34.0. The zero-order chi connectivity index (χ0) is 40.2. The molecule has 11 nitrogen and oxygen atoms in total. The van der Waals surface area contributed by atoms with Crippen LogP contribution in [0.5, 0.6) is 5.75 Å². The molecule has 308 valence electrons. The summed E-state index contributed by atoms with van der Waals surface area (Å²) in [7, 11) is -6.78. The number of ether oxygens (including phenoxy) is 1. The Morgan fingerprint density at radius 1 is 0.732 bits per heavy atom. The number of nitriles is 1. The molecule has 2 heterocycles. The van der Waals surface area contributed by atoms with Crippen molar-refractivity contribution in [3.05, 3.63) is 56.6 Å². The minimum absolute atomic E-state index is 0.335. The van der Waals surface area contributed by atoms with Gasteiger partial charge in [-0.1, -0.05) is 12.1 Å². The van der Waals surface area contributed by atoms with Crippen LogP contribution in [0.25, 0.3) is 0 Å². The highest BCUT2D eigenvalue weighted by Gasteiger charge is 2.34. The van der Waals surface area contributed by atoms with Gasteiger partial charge in [-0.25, -0.2) is 22.0 Å². The predicted molar refractivity (Wildman–Crippen MR) is 222 cm³/mol. The van der Waals surface area contributed by atoms with Crippen LogP contribution in [0.1, 0.15) is 124 Å². The summed E-state index contributed by atoms with van der Waals surface area (Å²) in [5.74, 6) is 0.137. The number of carbonyl (C=O) groups is 1. The quantitative estimate of drug-likeness (QED) is 0.325. The topological polar surface area (TPSA) is 163 Å². The summed E-state index contributed by atoms with van der Waals surface area (Å²) in [4.78, 5) is 17.2. The number of anilines is 1. The molecule has 8 rings (SSSR count). The number of fused-ring (bicyclic) bond motifs is 4. The molecule has 56 heavy (non-hydrogen) atoms. The minimum Gasteiger partial charge on any atom is -0.387 e. The number of nitrogens with two attached hydrogens (primary N) is 1. The van der Waals surface area contributed by atoms with E-state index in [9.17, 15) is 21.6 Å². The van der Waals surface area contributed by atoms with E-state index >= 15 is 0 Å². The van der Waals surface area contributed by atoms with Gasteiger partial charge in [0.15, 0.2) is 9.84 Å². The van der Waals surface area contributed by atoms with Crippen LogP contribution in [-0.4, -0.2) is 87.1 Å². The van der Waals surface area contributed by atoms with Crippen molar-refractivity contribution in [2.45, 2.75) is 153 Å². The van der Waals surface area contributed by atoms with Crippen molar-refractivity contribution in [3.8, 4) is 12.0 Å². The fourth-order valence-electron chi connectivity index (χ4n) is 9.81. The fraction of sp³-hybridized carbons (Fsp3) is 0.674. The van der Waals surface area contributed by atoms with Crippen molar-refractivity contribution in [3.63, 3.8) is 0 Å². The largest absolute Gasteiger partial charge is 0.387 e. The number of amides is 1. The Morgan fingerprint density at radius 3 is 1.61 bits per heavy atom. The molecule has 2 unspecified atom stereocenters. The van der Waals surface area contributed by atoms with Gasteiger partial charge in [-0.15, -0.1) is 5.26 Å². The maximum Gasteiger partial charge on any atom is 0.292 e. The maximum absolute atomic E-state index is 12.9. The van der Waals surface area contributed by atoms with Crippen molar-refractivity contribution in [2.24, 2.45) is 5.14 Å². The van der Waals surface area contributed by atoms with Crippen LogP contribution in [0.2, 0.25) is 0 Å². The van der Waals surface area contributed by atoms with E-state index in [1.165, 1.54) is 57.3 Å². The molecule has 0 aromatic heterocycles. The smallest absolute Gasteiger partial charge is 0.292 e. The van der Waals surface area contributed by atoms with E-state index in [4.69, 9.17) is 15.1 Å². The zero-order valence-corrected chi connectivity index (χ0v) is 35.6. The number of likely N-dealkylation sites (tertiary alicyclic amines) is 2. The van der Waals surface area contributed by atoms with E-state index in [2.05, 4.69) is 54.9 Å². The van der Waals surface area contributed by atoms with Crippen molar-refractivity contribution in [1.29, 1.82) is 5.26 Å². The van der Waals surface area contributed by atoms with Crippen molar-refractivity contribution >= 4 is 31.5 Å². The molecule has 2 aliphatic heterocycles. The van der Waals surface area contributed by atoms with Crippen molar-refractivity contribution in [2.75, 3.05) is 37.2 Å². The summed E-state index contributed by atoms with van der Waals surface area (Å²) in [6, 6.07) is 5.40. The first-order valence-electron chi connectivity index (χ1n) is 21.1. The molecule has 2 aromatic carbocycles. The van der Waals surface area contributed by atoms with E-state index in [-0.39, 0.29) is 11.2 Å².